The van der Waals surface area contributed by atoms with Crippen LogP contribution in [0.1, 0.15) is 30.2 Å². The Hall–Kier alpha value is -1.39. The second kappa shape index (κ2) is 12.6. The number of guanidine groups is 1. The molecule has 1 aromatic carbocycles. The molecule has 2 N–H and O–H groups in total. The second-order valence-electron chi connectivity index (χ2n) is 7.85. The zero-order valence-corrected chi connectivity index (χ0v) is 21.4. The van der Waals surface area contributed by atoms with Gasteiger partial charge in [-0.1, -0.05) is 12.1 Å². The number of benzene rings is 1. The van der Waals surface area contributed by atoms with Crippen LogP contribution in [-0.4, -0.2) is 62.1 Å². The van der Waals surface area contributed by atoms with Gasteiger partial charge in [-0.2, -0.15) is 11.8 Å². The Bertz CT molecular complexity index is 787. The average Bonchev–Trinajstić information content (AvgIpc) is 3.52. The van der Waals surface area contributed by atoms with E-state index in [-0.39, 0.29) is 30.0 Å². The fourth-order valence-electron chi connectivity index (χ4n) is 4.19. The molecule has 2 fully saturated rings. The van der Waals surface area contributed by atoms with Crippen molar-refractivity contribution >= 4 is 47.4 Å². The van der Waals surface area contributed by atoms with Crippen LogP contribution in [0.2, 0.25) is 0 Å². The Kier molecular flexibility index (Phi) is 9.86. The lowest BCUT2D eigenvalue weighted by molar-refractivity contribution is 0.215. The number of furan rings is 1. The van der Waals surface area contributed by atoms with Gasteiger partial charge in [0.1, 0.15) is 5.76 Å². The van der Waals surface area contributed by atoms with Crippen molar-refractivity contribution in [2.75, 3.05) is 56.2 Å². The van der Waals surface area contributed by atoms with E-state index in [0.717, 1.165) is 51.0 Å². The SMILES string of the molecule is CN=C(NCc1ccc(N2CCSCC2)cc1)NCC(c1ccco1)N1CCCC1.I. The summed E-state index contributed by atoms with van der Waals surface area (Å²) >= 11 is 2.04. The van der Waals surface area contributed by atoms with Gasteiger partial charge in [-0.25, -0.2) is 0 Å². The van der Waals surface area contributed by atoms with Crippen molar-refractivity contribution < 1.29 is 4.42 Å². The Morgan fingerprint density at radius 3 is 2.45 bits per heavy atom. The standard InChI is InChI=1S/C23H33N5OS.HI/c1-24-23(26-18-21(22-5-4-14-29-22)28-10-2-3-11-28)25-17-19-6-8-20(9-7-19)27-12-15-30-16-13-27;/h4-9,14,21H,2-3,10-13,15-18H2,1H3,(H2,24,25,26);1H. The van der Waals surface area contributed by atoms with Crippen LogP contribution in [-0.2, 0) is 6.54 Å². The van der Waals surface area contributed by atoms with E-state index in [1.54, 1.807) is 6.26 Å². The average molecular weight is 556 g/mol. The number of hydrogen-bond donors (Lipinski definition) is 2. The lowest BCUT2D eigenvalue weighted by Crippen LogP contribution is -2.42. The molecule has 6 nitrogen and oxygen atoms in total. The van der Waals surface area contributed by atoms with Crippen LogP contribution in [0.3, 0.4) is 0 Å². The van der Waals surface area contributed by atoms with Gasteiger partial charge in [0.05, 0.1) is 12.3 Å². The van der Waals surface area contributed by atoms with Gasteiger partial charge in [0.25, 0.3) is 0 Å². The molecule has 31 heavy (non-hydrogen) atoms. The van der Waals surface area contributed by atoms with Crippen molar-refractivity contribution in [1.82, 2.24) is 15.5 Å². The molecule has 0 spiro atoms. The van der Waals surface area contributed by atoms with E-state index >= 15 is 0 Å². The molecule has 2 saturated heterocycles. The number of rotatable bonds is 7. The van der Waals surface area contributed by atoms with Gasteiger partial charge in [0, 0.05) is 50.4 Å². The minimum absolute atomic E-state index is 0. The number of nitrogens with zero attached hydrogens (tertiary/aromatic N) is 3. The normalized spacial score (nSPS) is 18.5. The quantitative estimate of drug-likeness (QED) is 0.307. The van der Waals surface area contributed by atoms with E-state index in [1.165, 1.54) is 35.6 Å². The number of thioether (sulfide) groups is 1. The van der Waals surface area contributed by atoms with Crippen molar-refractivity contribution in [3.8, 4) is 0 Å². The van der Waals surface area contributed by atoms with Crippen molar-refractivity contribution in [1.29, 1.82) is 0 Å². The summed E-state index contributed by atoms with van der Waals surface area (Å²) in [5, 5.41) is 6.94. The molecule has 2 aromatic rings. The van der Waals surface area contributed by atoms with Crippen LogP contribution >= 0.6 is 35.7 Å². The Morgan fingerprint density at radius 1 is 1.06 bits per heavy atom. The third-order valence-corrected chi connectivity index (χ3v) is 6.85. The van der Waals surface area contributed by atoms with E-state index in [0.29, 0.717) is 0 Å². The van der Waals surface area contributed by atoms with Gasteiger partial charge >= 0.3 is 0 Å². The van der Waals surface area contributed by atoms with E-state index in [1.807, 2.05) is 24.9 Å². The van der Waals surface area contributed by atoms with Crippen LogP contribution in [0.15, 0.2) is 52.1 Å². The Balaban J connectivity index is 0.00000272. The molecule has 2 aliphatic heterocycles. The number of likely N-dealkylation sites (tertiary alicyclic amines) is 1. The molecule has 0 amide bonds. The maximum Gasteiger partial charge on any atom is 0.191 e. The number of nitrogens with one attached hydrogen (secondary N) is 2. The first-order valence-electron chi connectivity index (χ1n) is 11.0. The molecule has 0 radical (unpaired) electrons. The highest BCUT2D eigenvalue weighted by Crippen LogP contribution is 2.25. The summed E-state index contributed by atoms with van der Waals surface area (Å²) in [5.74, 6) is 4.29. The molecule has 0 aliphatic carbocycles. The molecule has 8 heteroatoms. The maximum absolute atomic E-state index is 5.72. The largest absolute Gasteiger partial charge is 0.468 e. The van der Waals surface area contributed by atoms with Crippen molar-refractivity contribution in [3.05, 3.63) is 54.0 Å². The lowest BCUT2D eigenvalue weighted by Gasteiger charge is -2.28. The highest BCUT2D eigenvalue weighted by molar-refractivity contribution is 14.0. The molecule has 1 atom stereocenters. The minimum atomic E-state index is 0. The fraction of sp³-hybridized carbons (Fsp3) is 0.522. The molecule has 1 aromatic heterocycles. The van der Waals surface area contributed by atoms with Crippen LogP contribution < -0.4 is 15.5 Å². The number of hydrogen-bond acceptors (Lipinski definition) is 5. The molecule has 170 valence electrons. The summed E-state index contributed by atoms with van der Waals surface area (Å²) < 4.78 is 5.72. The number of anilines is 1. The third kappa shape index (κ3) is 6.79. The Morgan fingerprint density at radius 2 is 1.81 bits per heavy atom. The van der Waals surface area contributed by atoms with E-state index in [2.05, 4.69) is 55.8 Å². The van der Waals surface area contributed by atoms with E-state index in [4.69, 9.17) is 4.42 Å². The smallest absolute Gasteiger partial charge is 0.191 e. The molecule has 1 unspecified atom stereocenters. The Labute approximate surface area is 207 Å². The summed E-state index contributed by atoms with van der Waals surface area (Å²) in [6.07, 6.45) is 4.28. The molecule has 0 bridgehead atoms. The number of halogens is 1. The zero-order chi connectivity index (χ0) is 20.6. The van der Waals surface area contributed by atoms with Crippen molar-refractivity contribution in [3.63, 3.8) is 0 Å². The predicted molar refractivity (Wildman–Crippen MR) is 142 cm³/mol. The summed E-state index contributed by atoms with van der Waals surface area (Å²) in [5.41, 5.74) is 2.59. The molecule has 2 aliphatic rings. The van der Waals surface area contributed by atoms with Gasteiger partial charge in [0.15, 0.2) is 5.96 Å². The molecular weight excluding hydrogens is 521 g/mol. The van der Waals surface area contributed by atoms with Crippen molar-refractivity contribution in [2.24, 2.45) is 4.99 Å². The highest BCUT2D eigenvalue weighted by Gasteiger charge is 2.25. The molecule has 3 heterocycles. The topological polar surface area (TPSA) is 56.0 Å². The zero-order valence-electron chi connectivity index (χ0n) is 18.3. The highest BCUT2D eigenvalue weighted by atomic mass is 127. The first-order valence-corrected chi connectivity index (χ1v) is 12.1. The van der Waals surface area contributed by atoms with Crippen LogP contribution in [0.5, 0.6) is 0 Å². The summed E-state index contributed by atoms with van der Waals surface area (Å²) in [7, 11) is 1.82. The first kappa shape index (κ1) is 24.3. The summed E-state index contributed by atoms with van der Waals surface area (Å²) in [4.78, 5) is 9.38. The van der Waals surface area contributed by atoms with E-state index in [9.17, 15) is 0 Å². The maximum atomic E-state index is 5.72. The molecule has 0 saturated carbocycles. The van der Waals surface area contributed by atoms with Gasteiger partial charge in [-0.05, 0) is 55.8 Å². The van der Waals surface area contributed by atoms with Crippen LogP contribution in [0, 0.1) is 0 Å². The van der Waals surface area contributed by atoms with E-state index < -0.39 is 0 Å². The minimum Gasteiger partial charge on any atom is -0.468 e. The third-order valence-electron chi connectivity index (χ3n) is 5.91. The summed E-state index contributed by atoms with van der Waals surface area (Å²) in [6, 6.07) is 13.2. The van der Waals surface area contributed by atoms with Gasteiger partial charge in [-0.3, -0.25) is 9.89 Å². The van der Waals surface area contributed by atoms with Crippen molar-refractivity contribution in [2.45, 2.75) is 25.4 Å². The predicted octanol–water partition coefficient (Wildman–Crippen LogP) is 3.95. The van der Waals surface area contributed by atoms with Gasteiger partial charge in [0.2, 0.25) is 0 Å². The molecular formula is C23H34IN5OS. The fourth-order valence-corrected chi connectivity index (χ4v) is 5.09. The summed E-state index contributed by atoms with van der Waals surface area (Å²) in [6.45, 7) is 6.08. The van der Waals surface area contributed by atoms with Crippen LogP contribution in [0.25, 0.3) is 0 Å². The second-order valence-corrected chi connectivity index (χ2v) is 9.07. The van der Waals surface area contributed by atoms with Gasteiger partial charge in [-0.15, -0.1) is 24.0 Å². The number of aliphatic imine (C=N–C) groups is 1. The monoisotopic (exact) mass is 555 g/mol. The van der Waals surface area contributed by atoms with Crippen LogP contribution in [0.4, 0.5) is 5.69 Å². The lowest BCUT2D eigenvalue weighted by atomic mass is 10.2. The molecule has 4 rings (SSSR count). The van der Waals surface area contributed by atoms with Gasteiger partial charge < -0.3 is 20.0 Å². The first-order chi connectivity index (χ1) is 14.8.